The monoisotopic (exact) mass is 226 g/mol. The molecule has 0 bridgehead atoms. The van der Waals surface area contributed by atoms with E-state index in [-0.39, 0.29) is 0 Å². The third-order valence-electron chi connectivity index (χ3n) is 3.10. The highest BCUT2D eigenvalue weighted by Crippen LogP contribution is 2.21. The quantitative estimate of drug-likeness (QED) is 0.690. The number of hydrogen-bond donors (Lipinski definition) is 1. The lowest BCUT2D eigenvalue weighted by molar-refractivity contribution is -0.782. The summed E-state index contributed by atoms with van der Waals surface area (Å²) >= 11 is 0. The summed E-state index contributed by atoms with van der Waals surface area (Å²) in [6.45, 7) is 5.27. The van der Waals surface area contributed by atoms with Crippen LogP contribution in [0.2, 0.25) is 0 Å². The van der Waals surface area contributed by atoms with Gasteiger partial charge >= 0.3 is 6.33 Å². The van der Waals surface area contributed by atoms with Crippen LogP contribution in [0.15, 0.2) is 12.7 Å². The second-order valence-electron chi connectivity index (χ2n) is 4.26. The first-order valence-electron chi connectivity index (χ1n) is 6.21. The fourth-order valence-corrected chi connectivity index (χ4v) is 2.24. The van der Waals surface area contributed by atoms with Crippen molar-refractivity contribution < 1.29 is 9.42 Å². The number of methoxy groups -OCH3 is 1. The Hall–Kier alpha value is -0.900. The van der Waals surface area contributed by atoms with Gasteiger partial charge in [0.2, 0.25) is 6.33 Å². The van der Waals surface area contributed by atoms with Gasteiger partial charge in [-0.2, -0.15) is 9.78 Å². The highest BCUT2D eigenvalue weighted by atomic mass is 16.5. The SMILES string of the molecule is CCCCC(COC)C(CC)[n+]1cnc[nH]1. The maximum Gasteiger partial charge on any atom is 0.306 e. The number of unbranched alkanes of at least 4 members (excludes halogenated alkanes) is 1. The zero-order valence-corrected chi connectivity index (χ0v) is 10.6. The van der Waals surface area contributed by atoms with E-state index in [0.717, 1.165) is 13.0 Å². The number of H-pyrrole nitrogens is 1. The summed E-state index contributed by atoms with van der Waals surface area (Å²) in [5.41, 5.74) is 0. The molecule has 4 nitrogen and oxygen atoms in total. The molecule has 0 spiro atoms. The van der Waals surface area contributed by atoms with Crippen molar-refractivity contribution in [3.8, 4) is 0 Å². The summed E-state index contributed by atoms with van der Waals surface area (Å²) in [5.74, 6) is 0.570. The summed E-state index contributed by atoms with van der Waals surface area (Å²) < 4.78 is 7.43. The lowest BCUT2D eigenvalue weighted by atomic mass is 9.93. The molecule has 92 valence electrons. The zero-order chi connectivity index (χ0) is 11.8. The molecule has 2 unspecified atom stereocenters. The lowest BCUT2D eigenvalue weighted by Gasteiger charge is -2.22. The summed E-state index contributed by atoms with van der Waals surface area (Å²) in [6, 6.07) is 0.467. The van der Waals surface area contributed by atoms with Crippen LogP contribution in [0.5, 0.6) is 0 Å². The van der Waals surface area contributed by atoms with E-state index in [1.54, 1.807) is 13.4 Å². The first-order valence-corrected chi connectivity index (χ1v) is 6.21. The third-order valence-corrected chi connectivity index (χ3v) is 3.10. The van der Waals surface area contributed by atoms with Crippen LogP contribution in [-0.2, 0) is 4.74 Å². The van der Waals surface area contributed by atoms with Crippen LogP contribution in [0, 0.1) is 5.92 Å². The van der Waals surface area contributed by atoms with Crippen LogP contribution in [-0.4, -0.2) is 23.8 Å². The fourth-order valence-electron chi connectivity index (χ4n) is 2.24. The van der Waals surface area contributed by atoms with Crippen LogP contribution in [0.4, 0.5) is 0 Å². The van der Waals surface area contributed by atoms with E-state index in [2.05, 4.69) is 28.6 Å². The smallest absolute Gasteiger partial charge is 0.306 e. The van der Waals surface area contributed by atoms with Gasteiger partial charge in [-0.15, -0.1) is 0 Å². The first kappa shape index (κ1) is 13.2. The summed E-state index contributed by atoms with van der Waals surface area (Å²) in [5, 5.41) is 3.15. The van der Waals surface area contributed by atoms with Gasteiger partial charge in [0.1, 0.15) is 6.04 Å². The molecule has 1 aromatic rings. The molecule has 0 aliphatic rings. The number of hydrogen-bond acceptors (Lipinski definition) is 2. The Morgan fingerprint density at radius 2 is 2.25 bits per heavy atom. The predicted molar refractivity (Wildman–Crippen MR) is 63.0 cm³/mol. The molecule has 1 heterocycles. The number of nitrogens with one attached hydrogen (secondary N) is 1. The van der Waals surface area contributed by atoms with Crippen molar-refractivity contribution in [2.75, 3.05) is 13.7 Å². The van der Waals surface area contributed by atoms with E-state index < -0.39 is 0 Å². The topological polar surface area (TPSA) is 41.8 Å². The second-order valence-corrected chi connectivity index (χ2v) is 4.26. The molecule has 0 radical (unpaired) electrons. The van der Waals surface area contributed by atoms with Crippen LogP contribution in [0.3, 0.4) is 0 Å². The lowest BCUT2D eigenvalue weighted by Crippen LogP contribution is -2.45. The molecule has 0 aromatic carbocycles. The molecule has 1 rings (SSSR count). The Kier molecular flexibility index (Phi) is 6.08. The molecule has 1 N–H and O–H groups in total. The van der Waals surface area contributed by atoms with Gasteiger partial charge in [-0.05, 0) is 17.8 Å². The summed E-state index contributed by atoms with van der Waals surface area (Å²) in [4.78, 5) is 4.08. The predicted octanol–water partition coefficient (Wildman–Crippen LogP) is 2.10. The normalized spacial score (nSPS) is 14.9. The zero-order valence-electron chi connectivity index (χ0n) is 10.6. The number of nitrogens with zero attached hydrogens (tertiary/aromatic N) is 2. The molecule has 16 heavy (non-hydrogen) atoms. The third kappa shape index (κ3) is 3.59. The van der Waals surface area contributed by atoms with Gasteiger partial charge in [0.25, 0.3) is 0 Å². The Labute approximate surface area is 98.0 Å². The van der Waals surface area contributed by atoms with Gasteiger partial charge in [0.05, 0.1) is 6.61 Å². The van der Waals surface area contributed by atoms with Crippen LogP contribution in [0.25, 0.3) is 0 Å². The van der Waals surface area contributed by atoms with Gasteiger partial charge in [-0.1, -0.05) is 26.7 Å². The molecule has 0 saturated heterocycles. The standard InChI is InChI=1S/C12H23N3O/c1-4-6-7-11(8-16-3)12(5-2)15-10-13-9-14-15/h9-12H,4-8H2,1-3H3/p+1. The van der Waals surface area contributed by atoms with E-state index >= 15 is 0 Å². The van der Waals surface area contributed by atoms with E-state index in [9.17, 15) is 0 Å². The molecule has 0 aliphatic carbocycles. The van der Waals surface area contributed by atoms with Gasteiger partial charge < -0.3 is 4.74 Å². The minimum absolute atomic E-state index is 0.467. The highest BCUT2D eigenvalue weighted by Gasteiger charge is 2.25. The first-order chi connectivity index (χ1) is 7.83. The van der Waals surface area contributed by atoms with Crippen molar-refractivity contribution in [3.63, 3.8) is 0 Å². The van der Waals surface area contributed by atoms with Crippen molar-refractivity contribution in [2.24, 2.45) is 5.92 Å². The molecule has 1 aromatic heterocycles. The van der Waals surface area contributed by atoms with Crippen molar-refractivity contribution in [1.82, 2.24) is 10.1 Å². The van der Waals surface area contributed by atoms with E-state index in [1.807, 2.05) is 6.33 Å². The fraction of sp³-hybridized carbons (Fsp3) is 0.833. The largest absolute Gasteiger partial charge is 0.384 e. The molecule has 0 amide bonds. The molecule has 0 fully saturated rings. The maximum atomic E-state index is 5.33. The Morgan fingerprint density at radius 3 is 2.75 bits per heavy atom. The Bertz CT molecular complexity index is 261. The number of ether oxygens (including phenoxy) is 1. The molecule has 2 atom stereocenters. The molecule has 0 saturated carbocycles. The molecular formula is C12H24N3O+. The minimum atomic E-state index is 0.467. The average molecular weight is 226 g/mol. The molecule has 4 heteroatoms. The van der Waals surface area contributed by atoms with Gasteiger partial charge in [-0.25, -0.2) is 0 Å². The highest BCUT2D eigenvalue weighted by molar-refractivity contribution is 4.64. The van der Waals surface area contributed by atoms with E-state index in [4.69, 9.17) is 4.74 Å². The van der Waals surface area contributed by atoms with Crippen molar-refractivity contribution in [1.29, 1.82) is 0 Å². The molecule has 0 aliphatic heterocycles. The second kappa shape index (κ2) is 7.39. The number of aromatic amines is 1. The van der Waals surface area contributed by atoms with Gasteiger partial charge in [0.15, 0.2) is 0 Å². The van der Waals surface area contributed by atoms with Crippen LogP contribution < -0.4 is 4.68 Å². The number of aromatic nitrogens is 3. The van der Waals surface area contributed by atoms with E-state index in [1.165, 1.54) is 19.3 Å². The summed E-state index contributed by atoms with van der Waals surface area (Å²) in [7, 11) is 1.78. The van der Waals surface area contributed by atoms with Crippen molar-refractivity contribution >= 4 is 0 Å². The Balaban J connectivity index is 2.65. The van der Waals surface area contributed by atoms with Crippen LogP contribution >= 0.6 is 0 Å². The van der Waals surface area contributed by atoms with Crippen LogP contribution in [0.1, 0.15) is 45.6 Å². The Morgan fingerprint density at radius 1 is 1.44 bits per heavy atom. The maximum absolute atomic E-state index is 5.33. The van der Waals surface area contributed by atoms with Crippen molar-refractivity contribution in [3.05, 3.63) is 12.7 Å². The van der Waals surface area contributed by atoms with Gasteiger partial charge in [0, 0.05) is 13.0 Å². The van der Waals surface area contributed by atoms with E-state index in [0.29, 0.717) is 12.0 Å². The average Bonchev–Trinajstić information content (AvgIpc) is 2.80. The summed E-state index contributed by atoms with van der Waals surface area (Å²) in [6.07, 6.45) is 8.41. The minimum Gasteiger partial charge on any atom is -0.384 e. The number of rotatable bonds is 8. The van der Waals surface area contributed by atoms with Crippen molar-refractivity contribution in [2.45, 2.75) is 45.6 Å². The van der Waals surface area contributed by atoms with Gasteiger partial charge in [-0.3, -0.25) is 0 Å². The molecular weight excluding hydrogens is 202 g/mol.